The lowest BCUT2D eigenvalue weighted by molar-refractivity contribution is 0.288. The van der Waals surface area contributed by atoms with Crippen LogP contribution in [-0.2, 0) is 20.7 Å². The molecular formula is C17H18Cl2O3S. The molecule has 0 heterocycles. The third-order valence-corrected chi connectivity index (χ3v) is 4.64. The van der Waals surface area contributed by atoms with Crippen LogP contribution in [0.3, 0.4) is 0 Å². The molecule has 0 aliphatic heterocycles. The first-order chi connectivity index (χ1) is 10.8. The van der Waals surface area contributed by atoms with E-state index in [1.54, 1.807) is 12.1 Å². The summed E-state index contributed by atoms with van der Waals surface area (Å²) < 4.78 is 27.6. The molecule has 0 N–H and O–H groups in total. The number of benzene rings is 2. The van der Waals surface area contributed by atoms with Crippen LogP contribution >= 0.6 is 23.2 Å². The predicted molar refractivity (Wildman–Crippen MR) is 94.8 cm³/mol. The van der Waals surface area contributed by atoms with Gasteiger partial charge in [0.2, 0.25) is 0 Å². The van der Waals surface area contributed by atoms with Gasteiger partial charge in [-0.15, -0.1) is 0 Å². The van der Waals surface area contributed by atoms with Gasteiger partial charge in [-0.1, -0.05) is 59.6 Å². The van der Waals surface area contributed by atoms with E-state index in [4.69, 9.17) is 27.4 Å². The summed E-state index contributed by atoms with van der Waals surface area (Å²) in [6.07, 6.45) is 2.57. The van der Waals surface area contributed by atoms with Crippen LogP contribution in [0.5, 0.6) is 0 Å². The smallest absolute Gasteiger partial charge is 0.264 e. The molecule has 1 unspecified atom stereocenters. The van der Waals surface area contributed by atoms with E-state index >= 15 is 0 Å². The van der Waals surface area contributed by atoms with Crippen molar-refractivity contribution < 1.29 is 12.6 Å². The molecule has 6 heteroatoms. The highest BCUT2D eigenvalue weighted by Gasteiger charge is 2.18. The van der Waals surface area contributed by atoms with Crippen LogP contribution in [0.25, 0.3) is 0 Å². The molecule has 0 aliphatic rings. The Hall–Kier alpha value is -1.07. The fourth-order valence-electron chi connectivity index (χ4n) is 2.35. The average molecular weight is 373 g/mol. The van der Waals surface area contributed by atoms with Crippen molar-refractivity contribution in [1.82, 2.24) is 0 Å². The van der Waals surface area contributed by atoms with E-state index in [1.165, 1.54) is 5.56 Å². The Kier molecular flexibility index (Phi) is 6.48. The van der Waals surface area contributed by atoms with Crippen molar-refractivity contribution in [3.8, 4) is 0 Å². The molecule has 0 spiro atoms. The second kappa shape index (κ2) is 8.15. The standard InChI is InChI=1S/C17H18Cl2O3S/c1-23(20,21)22-12-14(8-7-13-5-3-2-4-6-13)16-10-9-15(18)11-17(16)19/h2-6,9-11,14H,7-8,12H2,1H3. The topological polar surface area (TPSA) is 43.4 Å². The Morgan fingerprint density at radius 2 is 1.78 bits per heavy atom. The number of aryl methyl sites for hydroxylation is 1. The van der Waals surface area contributed by atoms with Gasteiger partial charge in [-0.3, -0.25) is 4.18 Å². The van der Waals surface area contributed by atoms with E-state index in [9.17, 15) is 8.42 Å². The van der Waals surface area contributed by atoms with Gasteiger partial charge < -0.3 is 0 Å². The van der Waals surface area contributed by atoms with E-state index in [1.807, 2.05) is 36.4 Å². The van der Waals surface area contributed by atoms with Gasteiger partial charge in [-0.25, -0.2) is 0 Å². The van der Waals surface area contributed by atoms with Crippen LogP contribution < -0.4 is 0 Å². The fraction of sp³-hybridized carbons (Fsp3) is 0.294. The average Bonchev–Trinajstić information content (AvgIpc) is 2.48. The summed E-state index contributed by atoms with van der Waals surface area (Å²) in [5.74, 6) is -0.130. The van der Waals surface area contributed by atoms with Gasteiger partial charge in [0, 0.05) is 16.0 Å². The lowest BCUT2D eigenvalue weighted by Crippen LogP contribution is -2.13. The molecule has 0 radical (unpaired) electrons. The number of hydrogen-bond donors (Lipinski definition) is 0. The largest absolute Gasteiger partial charge is 0.270 e. The molecule has 124 valence electrons. The van der Waals surface area contributed by atoms with E-state index in [0.717, 1.165) is 24.7 Å². The predicted octanol–water partition coefficient (Wildman–Crippen LogP) is 4.69. The maximum atomic E-state index is 11.3. The first kappa shape index (κ1) is 18.3. The molecule has 3 nitrogen and oxygen atoms in total. The van der Waals surface area contributed by atoms with Crippen LogP contribution in [0.4, 0.5) is 0 Å². The monoisotopic (exact) mass is 372 g/mol. The SMILES string of the molecule is CS(=O)(=O)OCC(CCc1ccccc1)c1ccc(Cl)cc1Cl. The van der Waals surface area contributed by atoms with Crippen molar-refractivity contribution in [3.05, 3.63) is 69.7 Å². The quantitative estimate of drug-likeness (QED) is 0.662. The van der Waals surface area contributed by atoms with Crippen LogP contribution in [0, 0.1) is 0 Å². The summed E-state index contributed by atoms with van der Waals surface area (Å²) >= 11 is 12.2. The Morgan fingerprint density at radius 3 is 2.39 bits per heavy atom. The second-order valence-corrected chi connectivity index (χ2v) is 7.86. The Labute approximate surface area is 147 Å². The summed E-state index contributed by atoms with van der Waals surface area (Å²) in [5, 5.41) is 1.07. The summed E-state index contributed by atoms with van der Waals surface area (Å²) in [7, 11) is -3.50. The summed E-state index contributed by atoms with van der Waals surface area (Å²) in [6, 6.07) is 15.2. The number of rotatable bonds is 7. The van der Waals surface area contributed by atoms with Gasteiger partial charge in [-0.2, -0.15) is 8.42 Å². The molecule has 1 atom stereocenters. The lowest BCUT2D eigenvalue weighted by atomic mass is 9.93. The fourth-order valence-corrected chi connectivity index (χ4v) is 3.33. The highest BCUT2D eigenvalue weighted by molar-refractivity contribution is 7.85. The molecule has 0 saturated heterocycles. The van der Waals surface area contributed by atoms with Crippen LogP contribution in [0.15, 0.2) is 48.5 Å². The van der Waals surface area contributed by atoms with E-state index in [2.05, 4.69) is 0 Å². The van der Waals surface area contributed by atoms with Crippen LogP contribution in [-0.4, -0.2) is 21.3 Å². The van der Waals surface area contributed by atoms with Gasteiger partial charge in [0.1, 0.15) is 0 Å². The molecule has 0 aromatic heterocycles. The minimum Gasteiger partial charge on any atom is -0.270 e. The van der Waals surface area contributed by atoms with Crippen molar-refractivity contribution >= 4 is 33.3 Å². The van der Waals surface area contributed by atoms with Gasteiger partial charge >= 0.3 is 0 Å². The lowest BCUT2D eigenvalue weighted by Gasteiger charge is -2.18. The molecule has 2 rings (SSSR count). The third-order valence-electron chi connectivity index (χ3n) is 3.51. The highest BCUT2D eigenvalue weighted by atomic mass is 35.5. The van der Waals surface area contributed by atoms with Crippen molar-refractivity contribution in [2.45, 2.75) is 18.8 Å². The summed E-state index contributed by atoms with van der Waals surface area (Å²) in [4.78, 5) is 0. The summed E-state index contributed by atoms with van der Waals surface area (Å²) in [5.41, 5.74) is 2.03. The molecule has 2 aromatic carbocycles. The molecule has 0 fully saturated rings. The number of halogens is 2. The maximum Gasteiger partial charge on any atom is 0.264 e. The van der Waals surface area contributed by atoms with Crippen molar-refractivity contribution in [3.63, 3.8) is 0 Å². The minimum atomic E-state index is -3.50. The Bertz CT molecular complexity index is 746. The summed E-state index contributed by atoms with van der Waals surface area (Å²) in [6.45, 7) is 0.0625. The molecule has 23 heavy (non-hydrogen) atoms. The Balaban J connectivity index is 2.17. The third kappa shape index (κ3) is 6.15. The van der Waals surface area contributed by atoms with Gasteiger partial charge in [-0.05, 0) is 36.1 Å². The zero-order valence-corrected chi connectivity index (χ0v) is 15.0. The van der Waals surface area contributed by atoms with Gasteiger partial charge in [0.05, 0.1) is 12.9 Å². The van der Waals surface area contributed by atoms with Crippen LogP contribution in [0.2, 0.25) is 10.0 Å². The van der Waals surface area contributed by atoms with Crippen molar-refractivity contribution in [2.75, 3.05) is 12.9 Å². The molecule has 0 saturated carbocycles. The van der Waals surface area contributed by atoms with E-state index in [-0.39, 0.29) is 12.5 Å². The van der Waals surface area contributed by atoms with Gasteiger partial charge in [0.15, 0.2) is 0 Å². The zero-order chi connectivity index (χ0) is 16.9. The minimum absolute atomic E-state index is 0.0625. The molecule has 2 aromatic rings. The molecular weight excluding hydrogens is 355 g/mol. The molecule has 0 aliphatic carbocycles. The number of hydrogen-bond acceptors (Lipinski definition) is 3. The normalized spacial score (nSPS) is 13.0. The first-order valence-electron chi connectivity index (χ1n) is 7.18. The first-order valence-corrected chi connectivity index (χ1v) is 9.75. The zero-order valence-electron chi connectivity index (χ0n) is 12.7. The molecule has 0 amide bonds. The molecule has 0 bridgehead atoms. The van der Waals surface area contributed by atoms with E-state index < -0.39 is 10.1 Å². The van der Waals surface area contributed by atoms with Crippen molar-refractivity contribution in [1.29, 1.82) is 0 Å². The maximum absolute atomic E-state index is 11.3. The van der Waals surface area contributed by atoms with Crippen molar-refractivity contribution in [2.24, 2.45) is 0 Å². The van der Waals surface area contributed by atoms with Crippen LogP contribution in [0.1, 0.15) is 23.5 Å². The van der Waals surface area contributed by atoms with E-state index in [0.29, 0.717) is 10.0 Å². The highest BCUT2D eigenvalue weighted by Crippen LogP contribution is 2.31. The Morgan fingerprint density at radius 1 is 1.09 bits per heavy atom. The van der Waals surface area contributed by atoms with Gasteiger partial charge in [0.25, 0.3) is 10.1 Å². The second-order valence-electron chi connectivity index (χ2n) is 5.38.